The molecule has 13 heterocycles. The first kappa shape index (κ1) is 125. The summed E-state index contributed by atoms with van der Waals surface area (Å²) in [5, 5.41) is 22.6. The largest absolute Gasteiger partial charge is 0.472 e. The number of hydrogen-bond donors (Lipinski definition) is 0. The van der Waals surface area contributed by atoms with Gasteiger partial charge >= 0.3 is 0 Å². The van der Waals surface area contributed by atoms with Gasteiger partial charge in [-0.3, -0.25) is 9.98 Å². The smallest absolute Gasteiger partial charge is 0.129 e. The summed E-state index contributed by atoms with van der Waals surface area (Å²) in [6.45, 7) is 86.8. The molecule has 11 nitrogen and oxygen atoms in total. The Morgan fingerprint density at radius 1 is 0.328 bits per heavy atom. The minimum atomic E-state index is 0. The molecule has 0 N–H and O–H groups in total. The molecular formula is C102H171N9O2S9. The van der Waals surface area contributed by atoms with Gasteiger partial charge < -0.3 is 8.83 Å². The highest BCUT2D eigenvalue weighted by Gasteiger charge is 2.23. The number of aliphatic imine (C=N–C) groups is 3. The van der Waals surface area contributed by atoms with Gasteiger partial charge in [0.2, 0.25) is 0 Å². The van der Waals surface area contributed by atoms with Crippen molar-refractivity contribution < 1.29 is 8.83 Å². The molecule has 0 bridgehead atoms. The van der Waals surface area contributed by atoms with Crippen LogP contribution in [0, 0.1) is 10.8 Å². The van der Waals surface area contributed by atoms with E-state index in [1.807, 2.05) is 81.9 Å². The molecule has 122 heavy (non-hydrogen) atoms. The lowest BCUT2D eigenvalue weighted by molar-refractivity contribution is 0.409. The van der Waals surface area contributed by atoms with Crippen molar-refractivity contribution in [2.75, 3.05) is 13.1 Å². The first-order valence-corrected chi connectivity index (χ1v) is 48.1. The summed E-state index contributed by atoms with van der Waals surface area (Å²) >= 11 is 15.3. The third kappa shape index (κ3) is 54.9. The number of furan rings is 2. The number of amidine groups is 1. The van der Waals surface area contributed by atoms with Crippen LogP contribution in [0.5, 0.6) is 0 Å². The van der Waals surface area contributed by atoms with Gasteiger partial charge in [0, 0.05) is 99.2 Å². The molecule has 0 aliphatic carbocycles. The fourth-order valence-corrected chi connectivity index (χ4v) is 15.5. The van der Waals surface area contributed by atoms with E-state index in [0.29, 0.717) is 21.7 Å². The topological polar surface area (TPSA) is 141 Å². The molecule has 2 aliphatic rings. The SMILES string of the molecule is C.C.C.C.C.CC(C)(C)C1=NCC=C1.CC(C)(C)C1=NCC=N1.CC(C)(C)c1ccco1.CC(C)(C)c1cccs1.CC(C)(C)c1cccs1.CC(C)(C)c1ccns1.CC(C)(C)c1ccoc1.CC(C)(C)c1ccsc1.CC(C)(C)c1ccsc1.CC(C)(C)c1cscn1.CC(C)(C)c1nccs1.CC(C)(C)c1nccs1.CC(C)(C)c1ncns1. The number of nitrogens with zero attached hydrogens (tertiary/aromatic N) is 9. The van der Waals surface area contributed by atoms with Crippen LogP contribution >= 0.6 is 102 Å². The fraction of sp³-hybridized carbons (Fsp3) is 0.578. The van der Waals surface area contributed by atoms with Gasteiger partial charge in [0.1, 0.15) is 22.9 Å². The fourth-order valence-electron chi connectivity index (χ4n) is 8.65. The molecule has 11 aromatic rings. The van der Waals surface area contributed by atoms with Gasteiger partial charge in [-0.1, -0.05) is 325 Å². The van der Waals surface area contributed by atoms with Crippen molar-refractivity contribution in [3.05, 3.63) is 228 Å². The molecule has 0 fully saturated rings. The molecule has 0 amide bonds. The highest BCUT2D eigenvalue weighted by atomic mass is 32.1. The summed E-state index contributed by atoms with van der Waals surface area (Å²) < 4.78 is 18.1. The van der Waals surface area contributed by atoms with E-state index >= 15 is 0 Å². The van der Waals surface area contributed by atoms with Gasteiger partial charge in [-0.05, 0) is 159 Å². The zero-order valence-corrected chi connectivity index (χ0v) is 86.6. The van der Waals surface area contributed by atoms with Crippen molar-refractivity contribution in [3.8, 4) is 0 Å². The van der Waals surface area contributed by atoms with Crippen LogP contribution in [0.4, 0.5) is 0 Å². The van der Waals surface area contributed by atoms with Crippen LogP contribution < -0.4 is 0 Å². The molecule has 20 heteroatoms. The maximum atomic E-state index is 5.20. The zero-order chi connectivity index (χ0) is 89.8. The molecule has 0 spiro atoms. The number of aromatic nitrogens is 6. The minimum absolute atomic E-state index is 0. The average Bonchev–Trinajstić information content (AvgIpc) is 1.91. The van der Waals surface area contributed by atoms with Crippen LogP contribution in [0.25, 0.3) is 0 Å². The van der Waals surface area contributed by atoms with Gasteiger partial charge in [-0.25, -0.2) is 29.3 Å². The van der Waals surface area contributed by atoms with Crippen LogP contribution in [-0.2, 0) is 59.6 Å². The maximum absolute atomic E-state index is 5.20. The minimum Gasteiger partial charge on any atom is -0.472 e. The third-order valence-electron chi connectivity index (χ3n) is 16.1. The molecule has 0 saturated heterocycles. The van der Waals surface area contributed by atoms with Crippen molar-refractivity contribution in [2.24, 2.45) is 25.8 Å². The van der Waals surface area contributed by atoms with E-state index in [1.54, 1.807) is 93.3 Å². The quantitative estimate of drug-likeness (QED) is 0.146. The predicted molar refractivity (Wildman–Crippen MR) is 564 cm³/mol. The predicted octanol–water partition coefficient (Wildman–Crippen LogP) is 35.7. The van der Waals surface area contributed by atoms with Gasteiger partial charge in [0.05, 0.1) is 53.1 Å². The van der Waals surface area contributed by atoms with E-state index in [2.05, 4.69) is 406 Å². The first-order valence-electron chi connectivity index (χ1n) is 40.2. The van der Waals surface area contributed by atoms with Crippen LogP contribution in [-0.4, -0.2) is 59.5 Å². The van der Waals surface area contributed by atoms with Crippen LogP contribution in [0.15, 0.2) is 194 Å². The Hall–Kier alpha value is -5.81. The van der Waals surface area contributed by atoms with E-state index in [9.17, 15) is 0 Å². The Morgan fingerprint density at radius 3 is 0.959 bits per heavy atom. The second-order valence-corrected chi connectivity index (χ2v) is 49.1. The number of allylic oxidation sites excluding steroid dienone is 1. The van der Waals surface area contributed by atoms with E-state index in [4.69, 9.17) is 8.83 Å². The molecule has 690 valence electrons. The van der Waals surface area contributed by atoms with Gasteiger partial charge in [-0.2, -0.15) is 27.0 Å². The Bertz CT molecular complexity index is 3410. The second kappa shape index (κ2) is 56.4. The van der Waals surface area contributed by atoms with Gasteiger partial charge in [0.15, 0.2) is 0 Å². The third-order valence-corrected chi connectivity index (χ3v) is 25.3. The molecule has 0 aromatic carbocycles. The Kier molecular flexibility index (Phi) is 57.6. The average molecular weight is 1840 g/mol. The molecule has 0 radical (unpaired) electrons. The van der Waals surface area contributed by atoms with Crippen LogP contribution in [0.2, 0.25) is 0 Å². The van der Waals surface area contributed by atoms with E-state index in [0.717, 1.165) is 29.7 Å². The monoisotopic (exact) mass is 1840 g/mol. The van der Waals surface area contributed by atoms with E-state index < -0.39 is 0 Å². The van der Waals surface area contributed by atoms with E-state index in [-0.39, 0.29) is 85.9 Å². The van der Waals surface area contributed by atoms with Crippen LogP contribution in [0.3, 0.4) is 0 Å². The Labute approximate surface area is 784 Å². The summed E-state index contributed by atoms with van der Waals surface area (Å²) in [6, 6.07) is 20.9. The number of thiophene rings is 4. The lowest BCUT2D eigenvalue weighted by Crippen LogP contribution is -2.16. The summed E-state index contributed by atoms with van der Waals surface area (Å²) in [7, 11) is 0. The van der Waals surface area contributed by atoms with E-state index in [1.165, 1.54) is 64.3 Å². The number of thiazole rings is 3. The first-order chi connectivity index (χ1) is 53.4. The highest BCUT2D eigenvalue weighted by Crippen LogP contribution is 2.32. The summed E-state index contributed by atoms with van der Waals surface area (Å²) in [4.78, 5) is 33.6. The lowest BCUT2D eigenvalue weighted by Gasteiger charge is -2.16. The molecular weight excluding hydrogens is 1670 g/mol. The Balaban J connectivity index is -0.000000404. The van der Waals surface area contributed by atoms with Crippen molar-refractivity contribution in [1.82, 2.24) is 28.7 Å². The molecule has 0 saturated carbocycles. The Morgan fingerprint density at radius 2 is 0.795 bits per heavy atom. The zero-order valence-electron chi connectivity index (χ0n) is 79.3. The normalized spacial score (nSPS) is 12.4. The molecule has 11 aromatic heterocycles. The lowest BCUT2D eigenvalue weighted by atomic mass is 9.89. The highest BCUT2D eigenvalue weighted by molar-refractivity contribution is 7.11. The van der Waals surface area contributed by atoms with Crippen molar-refractivity contribution >= 4 is 120 Å². The van der Waals surface area contributed by atoms with Crippen LogP contribution in [0.1, 0.15) is 365 Å². The van der Waals surface area contributed by atoms with Crippen molar-refractivity contribution in [2.45, 2.75) is 367 Å². The molecule has 0 unspecified atom stereocenters. The number of hydrogen-bond acceptors (Lipinski definition) is 20. The molecule has 2 aliphatic heterocycles. The summed E-state index contributed by atoms with van der Waals surface area (Å²) in [6.07, 6.45) is 18.4. The van der Waals surface area contributed by atoms with Crippen molar-refractivity contribution in [1.29, 1.82) is 0 Å². The van der Waals surface area contributed by atoms with Gasteiger partial charge in [-0.15, -0.1) is 56.7 Å². The summed E-state index contributed by atoms with van der Waals surface area (Å²) in [5.74, 6) is 2.02. The van der Waals surface area contributed by atoms with Gasteiger partial charge in [0.25, 0.3) is 0 Å². The second-order valence-electron chi connectivity index (χ2n) is 41.5. The summed E-state index contributed by atoms with van der Waals surface area (Å²) in [5.41, 5.74) is 11.7. The molecule has 0 atom stereocenters. The van der Waals surface area contributed by atoms with Crippen molar-refractivity contribution in [3.63, 3.8) is 0 Å². The number of rotatable bonds is 0. The standard InChI is InChI=1S/C8H13N.2C8H12O.4C8H12S.C7H12N2.4C7H11NS.C6H10N2S.5CH4/c1-8(2,3)7-5-4-6-9-7;1-8(2,3)7-4-5-9-6-7;1-8(2,3)7-5-4-6-9-7;2*1-8(2,3)7-4-5-9-6-7;2*1-8(2,3)7-5-4-6-9-7;1-7(2,3)6-8-4-5-9-6;1-7(2,3)6-4-9-5-8-6;2*1-7(2,3)6-8-4-5-9-6;1-7(2,3)6-4-5-8-9-6;1-6(2,3)5-7-4-8-9-5;;;;;/h4-5H,6H2,1-3H3;6*4-6H,1-3H3;4H,5H2,1-3H3;4*4-5H,1-3H3;4H,1-3H3;5*1H4. The molecule has 13 rings (SSSR count). The maximum Gasteiger partial charge on any atom is 0.129 e.